The summed E-state index contributed by atoms with van der Waals surface area (Å²) in [5.41, 5.74) is 0.698. The molecule has 0 aliphatic rings. The predicted octanol–water partition coefficient (Wildman–Crippen LogP) is 1.93. The van der Waals surface area contributed by atoms with Gasteiger partial charge in [-0.1, -0.05) is 12.1 Å². The molecule has 7 nitrogen and oxygen atoms in total. The topological polar surface area (TPSA) is 84.0 Å². The van der Waals surface area contributed by atoms with Crippen molar-refractivity contribution in [3.8, 4) is 5.75 Å². The Labute approximate surface area is 150 Å². The van der Waals surface area contributed by atoms with E-state index in [9.17, 15) is 4.79 Å². The van der Waals surface area contributed by atoms with Gasteiger partial charge in [0.1, 0.15) is 11.4 Å². The molecular weight excluding hydrogens is 320 g/mol. The van der Waals surface area contributed by atoms with E-state index >= 15 is 0 Å². The number of carbonyl (C=O) groups excluding carboxylic acids is 1. The molecule has 0 saturated carbocycles. The lowest BCUT2D eigenvalue weighted by Gasteiger charge is -2.20. The number of methoxy groups -OCH3 is 1. The molecule has 0 unspecified atom stereocenters. The molecule has 1 aromatic rings. The number of ether oxygens (including phenoxy) is 2. The lowest BCUT2D eigenvalue weighted by Crippen LogP contribution is -2.42. The lowest BCUT2D eigenvalue weighted by atomic mass is 10.1. The Morgan fingerprint density at radius 1 is 1.12 bits per heavy atom. The minimum absolute atomic E-state index is 0.421. The highest BCUT2D eigenvalue weighted by Gasteiger charge is 2.15. The van der Waals surface area contributed by atoms with Crippen LogP contribution in [-0.2, 0) is 11.2 Å². The number of guanidine groups is 1. The zero-order valence-electron chi connectivity index (χ0n) is 15.8. The molecule has 0 aliphatic carbocycles. The Hall–Kier alpha value is -2.44. The van der Waals surface area contributed by atoms with Gasteiger partial charge in [0.05, 0.1) is 7.11 Å². The standard InChI is InChI=1S/C18H30N4O3/c1-18(2,3)25-17(23)22-12-11-21-16(19-4)20-10-9-14-7-6-8-15(13-14)24-5/h6-8,13H,9-12H2,1-5H3,(H,22,23)(H2,19,20,21). The van der Waals surface area contributed by atoms with Crippen molar-refractivity contribution in [1.29, 1.82) is 0 Å². The second kappa shape index (κ2) is 10.4. The van der Waals surface area contributed by atoms with Gasteiger partial charge in [-0.3, -0.25) is 4.99 Å². The van der Waals surface area contributed by atoms with Crippen LogP contribution in [0.15, 0.2) is 29.3 Å². The molecule has 0 bridgehead atoms. The van der Waals surface area contributed by atoms with Gasteiger partial charge in [0.2, 0.25) is 0 Å². The molecule has 0 saturated heterocycles. The molecule has 1 amide bonds. The van der Waals surface area contributed by atoms with Crippen LogP contribution in [0.25, 0.3) is 0 Å². The van der Waals surface area contributed by atoms with E-state index in [0.717, 1.165) is 18.7 Å². The Balaban J connectivity index is 2.23. The first-order valence-corrected chi connectivity index (χ1v) is 8.38. The van der Waals surface area contributed by atoms with Gasteiger partial charge in [-0.25, -0.2) is 4.79 Å². The van der Waals surface area contributed by atoms with Gasteiger partial charge in [-0.05, 0) is 44.9 Å². The predicted molar refractivity (Wildman–Crippen MR) is 100 cm³/mol. The summed E-state index contributed by atoms with van der Waals surface area (Å²) in [5.74, 6) is 1.54. The van der Waals surface area contributed by atoms with Gasteiger partial charge < -0.3 is 25.4 Å². The van der Waals surface area contributed by atoms with E-state index in [-0.39, 0.29) is 0 Å². The number of hydrogen-bond donors (Lipinski definition) is 3. The number of carbonyl (C=O) groups is 1. The van der Waals surface area contributed by atoms with Crippen LogP contribution < -0.4 is 20.7 Å². The maximum absolute atomic E-state index is 11.5. The molecule has 0 radical (unpaired) electrons. The minimum Gasteiger partial charge on any atom is -0.497 e. The molecule has 1 aromatic carbocycles. The van der Waals surface area contributed by atoms with E-state index < -0.39 is 11.7 Å². The SMILES string of the molecule is CN=C(NCCNC(=O)OC(C)(C)C)NCCc1cccc(OC)c1. The molecule has 3 N–H and O–H groups in total. The first-order chi connectivity index (χ1) is 11.8. The van der Waals surface area contributed by atoms with Gasteiger partial charge in [-0.2, -0.15) is 0 Å². The van der Waals surface area contributed by atoms with Crippen LogP contribution >= 0.6 is 0 Å². The summed E-state index contributed by atoms with van der Waals surface area (Å²) in [6.45, 7) is 7.24. The molecule has 25 heavy (non-hydrogen) atoms. The lowest BCUT2D eigenvalue weighted by molar-refractivity contribution is 0.0529. The minimum atomic E-state index is -0.491. The normalized spacial score (nSPS) is 11.6. The fourth-order valence-corrected chi connectivity index (χ4v) is 2.03. The number of nitrogens with one attached hydrogen (secondary N) is 3. The summed E-state index contributed by atoms with van der Waals surface area (Å²) in [6.07, 6.45) is 0.434. The molecule has 0 fully saturated rings. The van der Waals surface area contributed by atoms with E-state index in [1.54, 1.807) is 14.2 Å². The molecule has 0 atom stereocenters. The van der Waals surface area contributed by atoms with Crippen LogP contribution in [0.4, 0.5) is 4.79 Å². The number of hydrogen-bond acceptors (Lipinski definition) is 4. The second-order valence-electron chi connectivity index (χ2n) is 6.46. The van der Waals surface area contributed by atoms with E-state index in [2.05, 4.69) is 27.0 Å². The third-order valence-electron chi connectivity index (χ3n) is 3.15. The van der Waals surface area contributed by atoms with Crippen LogP contribution in [0.2, 0.25) is 0 Å². The first kappa shape index (κ1) is 20.6. The molecular formula is C18H30N4O3. The molecule has 1 rings (SSSR count). The van der Waals surface area contributed by atoms with Crippen molar-refractivity contribution in [2.75, 3.05) is 33.8 Å². The third kappa shape index (κ3) is 9.44. The van der Waals surface area contributed by atoms with Gasteiger partial charge in [0.15, 0.2) is 5.96 Å². The van der Waals surface area contributed by atoms with Crippen LogP contribution in [0, 0.1) is 0 Å². The average Bonchev–Trinajstić information content (AvgIpc) is 2.55. The molecule has 140 valence electrons. The van der Waals surface area contributed by atoms with Crippen molar-refractivity contribution >= 4 is 12.1 Å². The highest BCUT2D eigenvalue weighted by Crippen LogP contribution is 2.12. The van der Waals surface area contributed by atoms with Gasteiger partial charge in [-0.15, -0.1) is 0 Å². The van der Waals surface area contributed by atoms with Crippen LogP contribution in [-0.4, -0.2) is 51.4 Å². The summed E-state index contributed by atoms with van der Waals surface area (Å²) >= 11 is 0. The highest BCUT2D eigenvalue weighted by atomic mass is 16.6. The van der Waals surface area contributed by atoms with E-state index in [4.69, 9.17) is 9.47 Å². The van der Waals surface area contributed by atoms with Gasteiger partial charge in [0.25, 0.3) is 0 Å². The quantitative estimate of drug-likeness (QED) is 0.398. The van der Waals surface area contributed by atoms with Gasteiger partial charge >= 0.3 is 6.09 Å². The maximum atomic E-state index is 11.5. The van der Waals surface area contributed by atoms with E-state index in [1.165, 1.54) is 5.56 Å². The fraction of sp³-hybridized carbons (Fsp3) is 0.556. The second-order valence-corrected chi connectivity index (χ2v) is 6.46. The highest BCUT2D eigenvalue weighted by molar-refractivity contribution is 5.79. The van der Waals surface area contributed by atoms with Gasteiger partial charge in [0, 0.05) is 26.7 Å². The largest absolute Gasteiger partial charge is 0.497 e. The zero-order chi connectivity index (χ0) is 18.7. The molecule has 0 aromatic heterocycles. The summed E-state index contributed by atoms with van der Waals surface area (Å²) < 4.78 is 10.4. The molecule has 0 aliphatic heterocycles. The molecule has 0 heterocycles. The van der Waals surface area contributed by atoms with Crippen molar-refractivity contribution in [3.05, 3.63) is 29.8 Å². The summed E-state index contributed by atoms with van der Waals surface area (Å²) in [7, 11) is 3.37. The zero-order valence-corrected chi connectivity index (χ0v) is 15.8. The van der Waals surface area contributed by atoms with Crippen molar-refractivity contribution < 1.29 is 14.3 Å². The smallest absolute Gasteiger partial charge is 0.407 e. The van der Waals surface area contributed by atoms with Crippen molar-refractivity contribution in [2.45, 2.75) is 32.8 Å². The Bertz CT molecular complexity index is 568. The van der Waals surface area contributed by atoms with Crippen molar-refractivity contribution in [3.63, 3.8) is 0 Å². The maximum Gasteiger partial charge on any atom is 0.407 e. The summed E-state index contributed by atoms with van der Waals surface area (Å²) in [4.78, 5) is 15.7. The first-order valence-electron chi connectivity index (χ1n) is 8.38. The monoisotopic (exact) mass is 350 g/mol. The Kier molecular flexibility index (Phi) is 8.60. The third-order valence-corrected chi connectivity index (χ3v) is 3.15. The Morgan fingerprint density at radius 2 is 1.80 bits per heavy atom. The molecule has 0 spiro atoms. The van der Waals surface area contributed by atoms with Crippen LogP contribution in [0.1, 0.15) is 26.3 Å². The van der Waals surface area contributed by atoms with Crippen LogP contribution in [0.3, 0.4) is 0 Å². The number of aliphatic imine (C=N–C) groups is 1. The number of nitrogens with zero attached hydrogens (tertiary/aromatic N) is 1. The molecule has 7 heteroatoms. The van der Waals surface area contributed by atoms with E-state index in [0.29, 0.717) is 19.0 Å². The van der Waals surface area contributed by atoms with E-state index in [1.807, 2.05) is 39.0 Å². The Morgan fingerprint density at radius 3 is 2.44 bits per heavy atom. The van der Waals surface area contributed by atoms with Crippen LogP contribution in [0.5, 0.6) is 5.75 Å². The summed E-state index contributed by atoms with van der Waals surface area (Å²) in [5, 5.41) is 9.07. The van der Waals surface area contributed by atoms with Crippen molar-refractivity contribution in [2.24, 2.45) is 4.99 Å². The number of alkyl carbamates (subject to hydrolysis) is 1. The fourth-order valence-electron chi connectivity index (χ4n) is 2.03. The number of benzene rings is 1. The van der Waals surface area contributed by atoms with Crippen molar-refractivity contribution in [1.82, 2.24) is 16.0 Å². The number of rotatable bonds is 7. The average molecular weight is 350 g/mol. The number of amides is 1. The summed E-state index contributed by atoms with van der Waals surface area (Å²) in [6, 6.07) is 7.98.